The normalized spacial score (nSPS) is 15.2. The van der Waals surface area contributed by atoms with Crippen molar-refractivity contribution < 1.29 is 0 Å². The molecule has 0 saturated carbocycles. The van der Waals surface area contributed by atoms with Crippen molar-refractivity contribution in [2.24, 2.45) is 5.92 Å². The van der Waals surface area contributed by atoms with Crippen LogP contribution in [-0.4, -0.2) is 18.8 Å². The van der Waals surface area contributed by atoms with Gasteiger partial charge in [-0.05, 0) is 25.3 Å². The zero-order valence-corrected chi connectivity index (χ0v) is 10.8. The zero-order valence-electron chi connectivity index (χ0n) is 10.8. The molecule has 0 aliphatic rings. The summed E-state index contributed by atoms with van der Waals surface area (Å²) in [6.45, 7) is 9.12. The van der Waals surface area contributed by atoms with Gasteiger partial charge in [0.1, 0.15) is 0 Å². The maximum atomic E-state index is 7.48. The number of allylic oxidation sites excluding steroid dienone is 4. The summed E-state index contributed by atoms with van der Waals surface area (Å²) in [5, 5.41) is 10.8. The van der Waals surface area contributed by atoms with Gasteiger partial charge in [0.05, 0.1) is 6.04 Å². The lowest BCUT2D eigenvalue weighted by Crippen LogP contribution is -2.34. The molecule has 90 valence electrons. The van der Waals surface area contributed by atoms with Crippen LogP contribution in [0.15, 0.2) is 36.0 Å². The Hall–Kier alpha value is -1.15. The molecule has 0 bridgehead atoms. The summed E-state index contributed by atoms with van der Waals surface area (Å²) < 4.78 is 0. The van der Waals surface area contributed by atoms with E-state index in [9.17, 15) is 0 Å². The van der Waals surface area contributed by atoms with Gasteiger partial charge >= 0.3 is 0 Å². The van der Waals surface area contributed by atoms with E-state index in [1.807, 2.05) is 32.1 Å². The molecule has 0 aromatic rings. The second-order valence-corrected chi connectivity index (χ2v) is 3.97. The van der Waals surface area contributed by atoms with Crippen molar-refractivity contribution in [3.05, 3.63) is 36.0 Å². The molecule has 0 aliphatic carbocycles. The molecule has 2 heteroatoms. The standard InChI is InChI=1S/C14H24N2/c1-5-7-9-13(12(3)4)14(11-15)16-10-8-6-2/h5-9,11-12,14-16H,10H2,1-4H3/b7-5-,8-6-,13-9+,15-11?/t14-/m0/s1. The lowest BCUT2D eigenvalue weighted by atomic mass is 9.95. The summed E-state index contributed by atoms with van der Waals surface area (Å²) in [7, 11) is 0. The maximum Gasteiger partial charge on any atom is 0.0641 e. The van der Waals surface area contributed by atoms with Crippen LogP contribution in [0.2, 0.25) is 0 Å². The predicted molar refractivity (Wildman–Crippen MR) is 73.1 cm³/mol. The fraction of sp³-hybridized carbons (Fsp3) is 0.500. The smallest absolute Gasteiger partial charge is 0.0641 e. The van der Waals surface area contributed by atoms with E-state index in [-0.39, 0.29) is 6.04 Å². The fourth-order valence-corrected chi connectivity index (χ4v) is 1.45. The Labute approximate surface area is 99.6 Å². The summed E-state index contributed by atoms with van der Waals surface area (Å²) in [5.74, 6) is 0.445. The van der Waals surface area contributed by atoms with E-state index in [0.717, 1.165) is 6.54 Å². The fourth-order valence-electron chi connectivity index (χ4n) is 1.45. The molecule has 16 heavy (non-hydrogen) atoms. The second kappa shape index (κ2) is 9.10. The highest BCUT2D eigenvalue weighted by atomic mass is 14.9. The predicted octanol–water partition coefficient (Wildman–Crippen LogP) is 3.33. The highest BCUT2D eigenvalue weighted by Crippen LogP contribution is 2.13. The molecule has 2 N–H and O–H groups in total. The second-order valence-electron chi connectivity index (χ2n) is 3.97. The van der Waals surface area contributed by atoms with Crippen molar-refractivity contribution in [1.29, 1.82) is 5.41 Å². The third kappa shape index (κ3) is 5.66. The lowest BCUT2D eigenvalue weighted by molar-refractivity contribution is 0.643. The maximum absolute atomic E-state index is 7.48. The number of rotatable bonds is 7. The molecule has 0 spiro atoms. The van der Waals surface area contributed by atoms with Crippen molar-refractivity contribution in [2.75, 3.05) is 6.54 Å². The molecule has 0 heterocycles. The third-order valence-electron chi connectivity index (χ3n) is 2.36. The first-order valence-electron chi connectivity index (χ1n) is 5.85. The summed E-state index contributed by atoms with van der Waals surface area (Å²) in [4.78, 5) is 0. The molecule has 0 amide bonds. The number of hydrogen-bond acceptors (Lipinski definition) is 2. The molecule has 0 saturated heterocycles. The van der Waals surface area contributed by atoms with E-state index >= 15 is 0 Å². The van der Waals surface area contributed by atoms with E-state index in [1.165, 1.54) is 11.8 Å². The monoisotopic (exact) mass is 220 g/mol. The van der Waals surface area contributed by atoms with Gasteiger partial charge in [-0.3, -0.25) is 0 Å². The van der Waals surface area contributed by atoms with Crippen LogP contribution in [0, 0.1) is 11.3 Å². The largest absolute Gasteiger partial charge is 0.311 e. The first-order valence-corrected chi connectivity index (χ1v) is 5.85. The number of nitrogens with one attached hydrogen (secondary N) is 2. The average Bonchev–Trinajstić information content (AvgIpc) is 2.26. The Bertz CT molecular complexity index is 272. The van der Waals surface area contributed by atoms with Gasteiger partial charge < -0.3 is 10.7 Å². The highest BCUT2D eigenvalue weighted by molar-refractivity contribution is 5.66. The highest BCUT2D eigenvalue weighted by Gasteiger charge is 2.12. The molecular formula is C14H24N2. The zero-order chi connectivity index (χ0) is 12.4. The summed E-state index contributed by atoms with van der Waals surface area (Å²) in [5.41, 5.74) is 1.25. The van der Waals surface area contributed by atoms with Gasteiger partial charge in [-0.25, -0.2) is 0 Å². The first-order chi connectivity index (χ1) is 7.67. The minimum Gasteiger partial charge on any atom is -0.311 e. The van der Waals surface area contributed by atoms with Crippen LogP contribution in [0.4, 0.5) is 0 Å². The van der Waals surface area contributed by atoms with Crippen LogP contribution >= 0.6 is 0 Å². The van der Waals surface area contributed by atoms with Crippen LogP contribution in [0.3, 0.4) is 0 Å². The Morgan fingerprint density at radius 1 is 1.25 bits per heavy atom. The molecule has 0 aromatic carbocycles. The quantitative estimate of drug-likeness (QED) is 0.385. The minimum absolute atomic E-state index is 0.0346. The van der Waals surface area contributed by atoms with E-state index in [0.29, 0.717) is 5.92 Å². The molecule has 1 atom stereocenters. The molecule has 2 nitrogen and oxygen atoms in total. The molecule has 0 aliphatic heterocycles. The van der Waals surface area contributed by atoms with Crippen molar-refractivity contribution in [2.45, 2.75) is 33.7 Å². The van der Waals surface area contributed by atoms with Gasteiger partial charge in [0.15, 0.2) is 0 Å². The summed E-state index contributed by atoms with van der Waals surface area (Å²) in [6.07, 6.45) is 11.7. The van der Waals surface area contributed by atoms with Crippen LogP contribution in [0.25, 0.3) is 0 Å². The van der Waals surface area contributed by atoms with Crippen molar-refractivity contribution >= 4 is 6.21 Å². The molecule has 0 rings (SSSR count). The average molecular weight is 220 g/mol. The van der Waals surface area contributed by atoms with E-state index in [4.69, 9.17) is 5.41 Å². The van der Waals surface area contributed by atoms with Gasteiger partial charge in [-0.1, -0.05) is 44.2 Å². The van der Waals surface area contributed by atoms with E-state index in [2.05, 4.69) is 31.3 Å². The Morgan fingerprint density at radius 2 is 1.94 bits per heavy atom. The van der Waals surface area contributed by atoms with Crippen LogP contribution in [-0.2, 0) is 0 Å². The van der Waals surface area contributed by atoms with Gasteiger partial charge in [-0.2, -0.15) is 0 Å². The molecular weight excluding hydrogens is 196 g/mol. The Balaban J connectivity index is 4.64. The van der Waals surface area contributed by atoms with Gasteiger partial charge in [-0.15, -0.1) is 0 Å². The van der Waals surface area contributed by atoms with Crippen LogP contribution in [0.5, 0.6) is 0 Å². The van der Waals surface area contributed by atoms with Crippen molar-refractivity contribution in [3.63, 3.8) is 0 Å². The van der Waals surface area contributed by atoms with Gasteiger partial charge in [0, 0.05) is 12.8 Å². The van der Waals surface area contributed by atoms with Crippen LogP contribution < -0.4 is 5.32 Å². The molecule has 0 fully saturated rings. The number of hydrogen-bond donors (Lipinski definition) is 2. The van der Waals surface area contributed by atoms with Gasteiger partial charge in [0.25, 0.3) is 0 Å². The topological polar surface area (TPSA) is 35.9 Å². The first kappa shape index (κ1) is 14.8. The van der Waals surface area contributed by atoms with E-state index < -0.39 is 0 Å². The van der Waals surface area contributed by atoms with E-state index in [1.54, 1.807) is 0 Å². The lowest BCUT2D eigenvalue weighted by Gasteiger charge is -2.20. The summed E-state index contributed by atoms with van der Waals surface area (Å²) in [6, 6.07) is 0.0346. The van der Waals surface area contributed by atoms with Crippen LogP contribution in [0.1, 0.15) is 27.7 Å². The third-order valence-corrected chi connectivity index (χ3v) is 2.36. The SMILES string of the molecule is C/C=C\C=C(/C(C)C)[C@H](C=N)NC/C=C\C. The van der Waals surface area contributed by atoms with Gasteiger partial charge in [0.2, 0.25) is 0 Å². The van der Waals surface area contributed by atoms with Crippen molar-refractivity contribution in [3.8, 4) is 0 Å². The Morgan fingerprint density at radius 3 is 2.38 bits per heavy atom. The molecule has 0 radical (unpaired) electrons. The molecule has 0 aromatic heterocycles. The van der Waals surface area contributed by atoms with Crippen molar-refractivity contribution in [1.82, 2.24) is 5.32 Å². The Kier molecular flexibility index (Phi) is 8.45. The minimum atomic E-state index is 0.0346. The molecule has 0 unspecified atom stereocenters. The summed E-state index contributed by atoms with van der Waals surface area (Å²) >= 11 is 0.